The van der Waals surface area contributed by atoms with E-state index in [4.69, 9.17) is 0 Å². The molecule has 76 valence electrons. The average Bonchev–Trinajstić information content (AvgIpc) is 3.02. The molecular weight excluding hydrogens is 174 g/mol. The average molecular weight is 191 g/mol. The number of hydrogen-bond donors (Lipinski definition) is 1. The van der Waals surface area contributed by atoms with Gasteiger partial charge in [0.1, 0.15) is 0 Å². The Hall–Kier alpha value is -0.890. The van der Waals surface area contributed by atoms with E-state index in [0.29, 0.717) is 5.92 Å². The summed E-state index contributed by atoms with van der Waals surface area (Å²) in [6.07, 6.45) is 7.20. The Labute approximate surface area is 85.0 Å². The molecule has 0 saturated heterocycles. The van der Waals surface area contributed by atoms with Crippen LogP contribution < -0.4 is 0 Å². The lowest BCUT2D eigenvalue weighted by Gasteiger charge is -2.07. The Bertz CT molecular complexity index is 269. The fourth-order valence-electron chi connectivity index (χ4n) is 1.76. The molecule has 1 aromatic heterocycles. The van der Waals surface area contributed by atoms with Gasteiger partial charge in [-0.05, 0) is 50.2 Å². The number of pyridine rings is 1. The normalized spacial score (nSPS) is 18.1. The predicted octanol–water partition coefficient (Wildman–Crippen LogP) is 2.18. The number of hydrogen-bond acceptors (Lipinski definition) is 2. The molecule has 1 aliphatic carbocycles. The topological polar surface area (TPSA) is 33.1 Å². The number of nitrogens with zero attached hydrogens (tertiary/aromatic N) is 1. The molecule has 0 spiro atoms. The zero-order chi connectivity index (χ0) is 9.80. The second kappa shape index (κ2) is 4.56. The van der Waals surface area contributed by atoms with Crippen LogP contribution in [-0.4, -0.2) is 16.2 Å². The van der Waals surface area contributed by atoms with E-state index in [1.807, 2.05) is 24.4 Å². The van der Waals surface area contributed by atoms with E-state index < -0.39 is 0 Å². The van der Waals surface area contributed by atoms with E-state index in [2.05, 4.69) is 4.98 Å². The minimum Gasteiger partial charge on any atom is -0.393 e. The maximum atomic E-state index is 9.65. The van der Waals surface area contributed by atoms with Crippen LogP contribution in [0.2, 0.25) is 0 Å². The summed E-state index contributed by atoms with van der Waals surface area (Å²) in [5.74, 6) is 0.610. The van der Waals surface area contributed by atoms with Gasteiger partial charge >= 0.3 is 0 Å². The van der Waals surface area contributed by atoms with Crippen molar-refractivity contribution in [3.8, 4) is 0 Å². The first kappa shape index (κ1) is 9.66. The quantitative estimate of drug-likeness (QED) is 0.773. The van der Waals surface area contributed by atoms with Crippen LogP contribution in [0.1, 0.15) is 31.4 Å². The van der Waals surface area contributed by atoms with Gasteiger partial charge in [0, 0.05) is 11.9 Å². The molecule has 2 nitrogen and oxygen atoms in total. The molecule has 1 atom stereocenters. The number of aromatic nitrogens is 1. The first-order valence-corrected chi connectivity index (χ1v) is 5.44. The first-order valence-electron chi connectivity index (χ1n) is 5.44. The Morgan fingerprint density at radius 1 is 1.43 bits per heavy atom. The van der Waals surface area contributed by atoms with E-state index >= 15 is 0 Å². The fourth-order valence-corrected chi connectivity index (χ4v) is 1.76. The lowest BCUT2D eigenvalue weighted by atomic mass is 10.1. The SMILES string of the molecule is OC(CCCc1ccccn1)C1CC1. The van der Waals surface area contributed by atoms with Crippen molar-refractivity contribution < 1.29 is 5.11 Å². The van der Waals surface area contributed by atoms with Crippen molar-refractivity contribution >= 4 is 0 Å². The summed E-state index contributed by atoms with van der Waals surface area (Å²) in [6, 6.07) is 5.99. The highest BCUT2D eigenvalue weighted by Crippen LogP contribution is 2.34. The lowest BCUT2D eigenvalue weighted by Crippen LogP contribution is -2.09. The molecule has 0 radical (unpaired) electrons. The molecule has 0 aliphatic heterocycles. The molecule has 2 rings (SSSR count). The summed E-state index contributed by atoms with van der Waals surface area (Å²) in [5.41, 5.74) is 1.13. The zero-order valence-corrected chi connectivity index (χ0v) is 8.39. The molecule has 2 heteroatoms. The van der Waals surface area contributed by atoms with Crippen LogP contribution in [0.5, 0.6) is 0 Å². The third-order valence-electron chi connectivity index (χ3n) is 2.83. The highest BCUT2D eigenvalue weighted by Gasteiger charge is 2.28. The molecule has 1 aliphatic rings. The van der Waals surface area contributed by atoms with Crippen molar-refractivity contribution in [1.29, 1.82) is 0 Å². The molecule has 0 amide bonds. The predicted molar refractivity (Wildman–Crippen MR) is 55.9 cm³/mol. The Morgan fingerprint density at radius 2 is 2.29 bits per heavy atom. The van der Waals surface area contributed by atoms with Gasteiger partial charge in [-0.2, -0.15) is 0 Å². The number of aliphatic hydroxyl groups excluding tert-OH is 1. The molecule has 1 fully saturated rings. The van der Waals surface area contributed by atoms with E-state index in [-0.39, 0.29) is 6.10 Å². The summed E-state index contributed by atoms with van der Waals surface area (Å²) in [4.78, 5) is 4.25. The van der Waals surface area contributed by atoms with Gasteiger partial charge in [-0.25, -0.2) is 0 Å². The minimum absolute atomic E-state index is 0.0567. The first-order chi connectivity index (χ1) is 6.86. The van der Waals surface area contributed by atoms with Crippen molar-refractivity contribution in [3.63, 3.8) is 0 Å². The molecule has 1 saturated carbocycles. The van der Waals surface area contributed by atoms with Gasteiger partial charge in [-0.15, -0.1) is 0 Å². The Morgan fingerprint density at radius 3 is 2.93 bits per heavy atom. The standard InChI is InChI=1S/C12H17NO/c14-12(10-7-8-10)6-3-5-11-4-1-2-9-13-11/h1-2,4,9-10,12,14H,3,5-8H2. The second-order valence-corrected chi connectivity index (χ2v) is 4.12. The van der Waals surface area contributed by atoms with Crippen molar-refractivity contribution in [2.75, 3.05) is 0 Å². The van der Waals surface area contributed by atoms with Gasteiger partial charge in [-0.1, -0.05) is 6.07 Å². The van der Waals surface area contributed by atoms with Crippen LogP contribution in [-0.2, 0) is 6.42 Å². The van der Waals surface area contributed by atoms with E-state index in [1.165, 1.54) is 12.8 Å². The number of rotatable bonds is 5. The molecule has 1 N–H and O–H groups in total. The molecule has 14 heavy (non-hydrogen) atoms. The molecule has 0 aromatic carbocycles. The summed E-state index contributed by atoms with van der Waals surface area (Å²) in [7, 11) is 0. The summed E-state index contributed by atoms with van der Waals surface area (Å²) < 4.78 is 0. The van der Waals surface area contributed by atoms with Gasteiger partial charge in [0.05, 0.1) is 6.10 Å². The van der Waals surface area contributed by atoms with Crippen LogP contribution >= 0.6 is 0 Å². The maximum absolute atomic E-state index is 9.65. The van der Waals surface area contributed by atoms with E-state index in [1.54, 1.807) is 0 Å². The third-order valence-corrected chi connectivity index (χ3v) is 2.83. The van der Waals surface area contributed by atoms with Gasteiger partial charge < -0.3 is 5.11 Å². The summed E-state index contributed by atoms with van der Waals surface area (Å²) in [5, 5.41) is 9.65. The van der Waals surface area contributed by atoms with Crippen molar-refractivity contribution in [3.05, 3.63) is 30.1 Å². The maximum Gasteiger partial charge on any atom is 0.0568 e. The number of aryl methyl sites for hydroxylation is 1. The van der Waals surface area contributed by atoms with Crippen molar-refractivity contribution in [1.82, 2.24) is 4.98 Å². The highest BCUT2D eigenvalue weighted by atomic mass is 16.3. The van der Waals surface area contributed by atoms with Crippen LogP contribution in [0.25, 0.3) is 0 Å². The van der Waals surface area contributed by atoms with Gasteiger partial charge in [0.2, 0.25) is 0 Å². The van der Waals surface area contributed by atoms with Crippen LogP contribution in [0.4, 0.5) is 0 Å². The monoisotopic (exact) mass is 191 g/mol. The summed E-state index contributed by atoms with van der Waals surface area (Å²) >= 11 is 0. The number of aliphatic hydroxyl groups is 1. The molecular formula is C12H17NO. The fraction of sp³-hybridized carbons (Fsp3) is 0.583. The van der Waals surface area contributed by atoms with Crippen LogP contribution in [0.15, 0.2) is 24.4 Å². The highest BCUT2D eigenvalue weighted by molar-refractivity contribution is 5.03. The minimum atomic E-state index is -0.0567. The van der Waals surface area contributed by atoms with Crippen molar-refractivity contribution in [2.45, 2.75) is 38.2 Å². The summed E-state index contributed by atoms with van der Waals surface area (Å²) in [6.45, 7) is 0. The van der Waals surface area contributed by atoms with Crippen LogP contribution in [0, 0.1) is 5.92 Å². The van der Waals surface area contributed by atoms with Crippen LogP contribution in [0.3, 0.4) is 0 Å². The van der Waals surface area contributed by atoms with Gasteiger partial charge in [-0.3, -0.25) is 4.98 Å². The van der Waals surface area contributed by atoms with E-state index in [9.17, 15) is 5.11 Å². The second-order valence-electron chi connectivity index (χ2n) is 4.12. The molecule has 1 heterocycles. The Balaban J connectivity index is 1.67. The largest absolute Gasteiger partial charge is 0.393 e. The van der Waals surface area contributed by atoms with Crippen molar-refractivity contribution in [2.24, 2.45) is 5.92 Å². The van der Waals surface area contributed by atoms with Gasteiger partial charge in [0.15, 0.2) is 0 Å². The molecule has 1 unspecified atom stereocenters. The lowest BCUT2D eigenvalue weighted by molar-refractivity contribution is 0.139. The zero-order valence-electron chi connectivity index (χ0n) is 8.39. The van der Waals surface area contributed by atoms with E-state index in [0.717, 1.165) is 25.0 Å². The molecule has 0 bridgehead atoms. The smallest absolute Gasteiger partial charge is 0.0568 e. The van der Waals surface area contributed by atoms with Gasteiger partial charge in [0.25, 0.3) is 0 Å². The third kappa shape index (κ3) is 2.81. The Kier molecular flexibility index (Phi) is 3.14. The molecule has 1 aromatic rings.